The number of thiophene rings is 1. The minimum Gasteiger partial charge on any atom is -0.462 e. The van der Waals surface area contributed by atoms with Gasteiger partial charge in [-0.1, -0.05) is 29.8 Å². The summed E-state index contributed by atoms with van der Waals surface area (Å²) in [6, 6.07) is 7.67. The molecule has 3 rings (SSSR count). The van der Waals surface area contributed by atoms with Gasteiger partial charge in [0.15, 0.2) is 6.61 Å². The van der Waals surface area contributed by atoms with Crippen molar-refractivity contribution in [3.63, 3.8) is 0 Å². The summed E-state index contributed by atoms with van der Waals surface area (Å²) in [5.74, 6) is -1.52. The molecule has 0 saturated heterocycles. The molecular weight excluding hydrogens is 402 g/mol. The maximum atomic E-state index is 12.4. The van der Waals surface area contributed by atoms with Crippen molar-refractivity contribution in [3.05, 3.63) is 57.5 Å². The van der Waals surface area contributed by atoms with Gasteiger partial charge in [0.05, 0.1) is 12.2 Å². The van der Waals surface area contributed by atoms with Crippen LogP contribution in [0.15, 0.2) is 30.3 Å². The van der Waals surface area contributed by atoms with Crippen LogP contribution in [0, 0.1) is 6.92 Å². The summed E-state index contributed by atoms with van der Waals surface area (Å²) < 4.78 is 10.2. The second kappa shape index (κ2) is 10.2. The number of carbonyl (C=O) groups is 3. The number of hydrogen-bond donors (Lipinski definition) is 1. The Morgan fingerprint density at radius 2 is 1.83 bits per heavy atom. The van der Waals surface area contributed by atoms with Gasteiger partial charge in [-0.3, -0.25) is 4.79 Å². The zero-order chi connectivity index (χ0) is 21.5. The first kappa shape index (κ1) is 21.8. The lowest BCUT2D eigenvalue weighted by atomic mass is 9.95. The van der Waals surface area contributed by atoms with Crippen molar-refractivity contribution in [3.8, 4) is 0 Å². The number of fused-ring (bicyclic) bond motifs is 1. The zero-order valence-corrected chi connectivity index (χ0v) is 18.0. The third kappa shape index (κ3) is 5.57. The SMILES string of the molecule is CCOC(=O)c1c(NC(=O)COC(=O)C=Cc2ccc(C)cc2)sc2c1CCCC2. The monoisotopic (exact) mass is 427 g/mol. The number of nitrogens with one attached hydrogen (secondary N) is 1. The number of carbonyl (C=O) groups excluding carboxylic acids is 3. The fourth-order valence-electron chi connectivity index (χ4n) is 3.26. The molecular formula is C23H25NO5S. The molecule has 1 aliphatic rings. The van der Waals surface area contributed by atoms with Crippen molar-refractivity contribution in [2.24, 2.45) is 0 Å². The summed E-state index contributed by atoms with van der Waals surface area (Å²) in [7, 11) is 0. The summed E-state index contributed by atoms with van der Waals surface area (Å²) in [5, 5.41) is 3.19. The lowest BCUT2D eigenvalue weighted by molar-refractivity contribution is -0.142. The van der Waals surface area contributed by atoms with Gasteiger partial charge in [0.1, 0.15) is 5.00 Å². The molecule has 1 aromatic heterocycles. The predicted octanol–water partition coefficient (Wildman–Crippen LogP) is 4.31. The Bertz CT molecular complexity index is 959. The minimum absolute atomic E-state index is 0.266. The van der Waals surface area contributed by atoms with E-state index in [2.05, 4.69) is 5.32 Å². The van der Waals surface area contributed by atoms with Crippen molar-refractivity contribution >= 4 is 40.3 Å². The van der Waals surface area contributed by atoms with Gasteiger partial charge in [0, 0.05) is 11.0 Å². The summed E-state index contributed by atoms with van der Waals surface area (Å²) in [6.07, 6.45) is 6.68. The lowest BCUT2D eigenvalue weighted by Crippen LogP contribution is -2.21. The maximum absolute atomic E-state index is 12.4. The van der Waals surface area contributed by atoms with E-state index in [4.69, 9.17) is 9.47 Å². The van der Waals surface area contributed by atoms with Gasteiger partial charge in [-0.05, 0) is 56.7 Å². The first-order valence-corrected chi connectivity index (χ1v) is 10.8. The normalized spacial score (nSPS) is 13.0. The zero-order valence-electron chi connectivity index (χ0n) is 17.2. The fraction of sp³-hybridized carbons (Fsp3) is 0.348. The molecule has 1 N–H and O–H groups in total. The van der Waals surface area contributed by atoms with E-state index in [1.54, 1.807) is 13.0 Å². The molecule has 1 aromatic carbocycles. The van der Waals surface area contributed by atoms with Gasteiger partial charge < -0.3 is 14.8 Å². The molecule has 2 aromatic rings. The molecule has 0 spiro atoms. The van der Waals surface area contributed by atoms with Crippen LogP contribution in [0.1, 0.15) is 51.7 Å². The van der Waals surface area contributed by atoms with Crippen LogP contribution < -0.4 is 5.32 Å². The summed E-state index contributed by atoms with van der Waals surface area (Å²) in [6.45, 7) is 3.57. The largest absolute Gasteiger partial charge is 0.462 e. The third-order valence-electron chi connectivity index (χ3n) is 4.74. The molecule has 6 nitrogen and oxygen atoms in total. The molecule has 0 fully saturated rings. The Balaban J connectivity index is 1.60. The average Bonchev–Trinajstić information content (AvgIpc) is 3.09. The highest BCUT2D eigenvalue weighted by molar-refractivity contribution is 7.17. The number of ether oxygens (including phenoxy) is 2. The summed E-state index contributed by atoms with van der Waals surface area (Å²) in [5.41, 5.74) is 3.41. The van der Waals surface area contributed by atoms with Crippen molar-refractivity contribution in [2.45, 2.75) is 39.5 Å². The quantitative estimate of drug-likeness (QED) is 0.526. The van der Waals surface area contributed by atoms with Crippen LogP contribution in [0.5, 0.6) is 0 Å². The number of hydrogen-bond acceptors (Lipinski definition) is 6. The highest BCUT2D eigenvalue weighted by atomic mass is 32.1. The van der Waals surface area contributed by atoms with Crippen LogP contribution in [0.25, 0.3) is 6.08 Å². The molecule has 0 radical (unpaired) electrons. The summed E-state index contributed by atoms with van der Waals surface area (Å²) >= 11 is 1.40. The summed E-state index contributed by atoms with van der Waals surface area (Å²) in [4.78, 5) is 37.8. The number of benzene rings is 1. The molecule has 1 aliphatic carbocycles. The molecule has 0 unspecified atom stereocenters. The van der Waals surface area contributed by atoms with Crippen LogP contribution in [-0.2, 0) is 31.9 Å². The number of aryl methyl sites for hydroxylation is 2. The Kier molecular flexibility index (Phi) is 7.41. The minimum atomic E-state index is -0.609. The molecule has 0 aliphatic heterocycles. The van der Waals surface area contributed by atoms with Gasteiger partial charge in [-0.15, -0.1) is 11.3 Å². The van der Waals surface area contributed by atoms with E-state index < -0.39 is 24.5 Å². The lowest BCUT2D eigenvalue weighted by Gasteiger charge is -2.12. The predicted molar refractivity (Wildman–Crippen MR) is 117 cm³/mol. The third-order valence-corrected chi connectivity index (χ3v) is 5.95. The smallest absolute Gasteiger partial charge is 0.341 e. The molecule has 1 heterocycles. The van der Waals surface area contributed by atoms with Gasteiger partial charge in [-0.25, -0.2) is 9.59 Å². The van der Waals surface area contributed by atoms with E-state index in [0.29, 0.717) is 10.6 Å². The van der Waals surface area contributed by atoms with E-state index in [9.17, 15) is 14.4 Å². The first-order valence-electron chi connectivity index (χ1n) is 10.0. The van der Waals surface area contributed by atoms with E-state index in [1.807, 2.05) is 31.2 Å². The number of rotatable bonds is 7. The van der Waals surface area contributed by atoms with Crippen LogP contribution in [0.3, 0.4) is 0 Å². The van der Waals surface area contributed by atoms with Gasteiger partial charge >= 0.3 is 11.9 Å². The standard InChI is InChI=1S/C23H25NO5S/c1-3-28-23(27)21-17-6-4-5-7-18(17)30-22(21)24-19(25)14-29-20(26)13-12-16-10-8-15(2)9-11-16/h8-13H,3-7,14H2,1-2H3,(H,24,25). The van der Waals surface area contributed by atoms with Crippen LogP contribution in [0.4, 0.5) is 5.00 Å². The van der Waals surface area contributed by atoms with Gasteiger partial charge in [0.25, 0.3) is 5.91 Å². The number of amides is 1. The second-order valence-electron chi connectivity index (χ2n) is 7.04. The van der Waals surface area contributed by atoms with Crippen molar-refractivity contribution in [1.29, 1.82) is 0 Å². The molecule has 0 saturated carbocycles. The fourth-order valence-corrected chi connectivity index (χ4v) is 4.56. The second-order valence-corrected chi connectivity index (χ2v) is 8.14. The molecule has 0 bridgehead atoms. The Morgan fingerprint density at radius 3 is 2.57 bits per heavy atom. The van der Waals surface area contributed by atoms with E-state index >= 15 is 0 Å². The van der Waals surface area contributed by atoms with E-state index in [-0.39, 0.29) is 6.61 Å². The van der Waals surface area contributed by atoms with Gasteiger partial charge in [0.2, 0.25) is 0 Å². The Labute approximate surface area is 179 Å². The number of anilines is 1. The number of esters is 2. The van der Waals surface area contributed by atoms with Crippen molar-refractivity contribution in [1.82, 2.24) is 0 Å². The average molecular weight is 428 g/mol. The highest BCUT2D eigenvalue weighted by Gasteiger charge is 2.27. The molecule has 1 amide bonds. The molecule has 158 valence electrons. The van der Waals surface area contributed by atoms with Gasteiger partial charge in [-0.2, -0.15) is 0 Å². The topological polar surface area (TPSA) is 81.7 Å². The van der Waals surface area contributed by atoms with Crippen molar-refractivity contribution < 1.29 is 23.9 Å². The molecule has 30 heavy (non-hydrogen) atoms. The Hall–Kier alpha value is -2.93. The first-order chi connectivity index (χ1) is 14.5. The van der Waals surface area contributed by atoms with E-state index in [1.165, 1.54) is 17.4 Å². The van der Waals surface area contributed by atoms with Crippen LogP contribution >= 0.6 is 11.3 Å². The maximum Gasteiger partial charge on any atom is 0.341 e. The molecule has 0 atom stereocenters. The van der Waals surface area contributed by atoms with Crippen molar-refractivity contribution in [2.75, 3.05) is 18.5 Å². The van der Waals surface area contributed by atoms with Crippen LogP contribution in [0.2, 0.25) is 0 Å². The highest BCUT2D eigenvalue weighted by Crippen LogP contribution is 2.38. The molecule has 7 heteroatoms. The van der Waals surface area contributed by atoms with E-state index in [0.717, 1.165) is 47.3 Å². The van der Waals surface area contributed by atoms with Crippen LogP contribution in [-0.4, -0.2) is 31.1 Å². The Morgan fingerprint density at radius 1 is 1.10 bits per heavy atom.